The Labute approximate surface area is 115 Å². The summed E-state index contributed by atoms with van der Waals surface area (Å²) in [5.74, 6) is 0.224. The summed E-state index contributed by atoms with van der Waals surface area (Å²) in [6.07, 6.45) is 0. The molecular weight excluding hydrogens is 294 g/mol. The Morgan fingerprint density at radius 1 is 1.28 bits per heavy atom. The summed E-state index contributed by atoms with van der Waals surface area (Å²) in [4.78, 5) is 13.7. The van der Waals surface area contributed by atoms with E-state index in [-0.39, 0.29) is 5.91 Å². The van der Waals surface area contributed by atoms with E-state index in [1.165, 1.54) is 5.56 Å². The Kier molecular flexibility index (Phi) is 3.87. The molecule has 1 heterocycles. The zero-order valence-electron chi connectivity index (χ0n) is 10.3. The number of carbonyl (C=O) groups excluding carboxylic acids is 1. The number of furan rings is 1. The van der Waals surface area contributed by atoms with Crippen molar-refractivity contribution in [3.63, 3.8) is 0 Å². The van der Waals surface area contributed by atoms with E-state index >= 15 is 0 Å². The molecule has 0 fully saturated rings. The van der Waals surface area contributed by atoms with Crippen LogP contribution in [0.1, 0.15) is 21.7 Å². The quantitative estimate of drug-likeness (QED) is 0.867. The monoisotopic (exact) mass is 307 g/mol. The first-order valence-corrected chi connectivity index (χ1v) is 6.42. The lowest BCUT2D eigenvalue weighted by Gasteiger charge is -2.17. The lowest BCUT2D eigenvalue weighted by molar-refractivity contribution is 0.0752. The molecule has 1 aromatic heterocycles. The molecule has 0 unspecified atom stereocenters. The standard InChI is InChI=1S/C14H14BrNO2/c1-10-5-3-4-6-11(10)9-16(2)14(17)12-7-8-13(15)18-12/h3-8H,9H2,1-2H3. The fourth-order valence-corrected chi connectivity index (χ4v) is 2.04. The molecule has 0 aliphatic heterocycles. The molecule has 18 heavy (non-hydrogen) atoms. The van der Waals surface area contributed by atoms with Crippen molar-refractivity contribution in [1.29, 1.82) is 0 Å². The number of hydrogen-bond acceptors (Lipinski definition) is 2. The van der Waals surface area contributed by atoms with Crippen molar-refractivity contribution in [2.75, 3.05) is 7.05 Å². The van der Waals surface area contributed by atoms with E-state index in [0.29, 0.717) is 17.0 Å². The molecule has 0 bridgehead atoms. The number of aryl methyl sites for hydroxylation is 1. The summed E-state index contributed by atoms with van der Waals surface area (Å²) >= 11 is 3.19. The predicted octanol–water partition coefficient (Wildman–Crippen LogP) is 3.62. The molecule has 2 aromatic rings. The van der Waals surface area contributed by atoms with Gasteiger partial charge in [0, 0.05) is 13.6 Å². The highest BCUT2D eigenvalue weighted by Crippen LogP contribution is 2.17. The fraction of sp³-hybridized carbons (Fsp3) is 0.214. The van der Waals surface area contributed by atoms with E-state index < -0.39 is 0 Å². The van der Waals surface area contributed by atoms with Crippen molar-refractivity contribution < 1.29 is 9.21 Å². The summed E-state index contributed by atoms with van der Waals surface area (Å²) < 4.78 is 5.82. The lowest BCUT2D eigenvalue weighted by Crippen LogP contribution is -2.26. The van der Waals surface area contributed by atoms with Crippen LogP contribution >= 0.6 is 15.9 Å². The van der Waals surface area contributed by atoms with Crippen molar-refractivity contribution in [1.82, 2.24) is 4.90 Å². The van der Waals surface area contributed by atoms with Crippen LogP contribution < -0.4 is 0 Å². The van der Waals surface area contributed by atoms with Gasteiger partial charge in [-0.3, -0.25) is 4.79 Å². The van der Waals surface area contributed by atoms with Crippen LogP contribution in [0.3, 0.4) is 0 Å². The Bertz CT molecular complexity index is 562. The number of hydrogen-bond donors (Lipinski definition) is 0. The zero-order valence-corrected chi connectivity index (χ0v) is 11.9. The van der Waals surface area contributed by atoms with Crippen LogP contribution in [0.15, 0.2) is 45.5 Å². The van der Waals surface area contributed by atoms with Crippen LogP contribution in [0, 0.1) is 6.92 Å². The minimum Gasteiger partial charge on any atom is -0.444 e. The Hall–Kier alpha value is -1.55. The van der Waals surface area contributed by atoms with E-state index in [1.54, 1.807) is 24.1 Å². The number of benzene rings is 1. The summed E-state index contributed by atoms with van der Waals surface area (Å²) in [6.45, 7) is 2.61. The van der Waals surface area contributed by atoms with Crippen molar-refractivity contribution in [2.24, 2.45) is 0 Å². The van der Waals surface area contributed by atoms with E-state index in [4.69, 9.17) is 4.42 Å². The smallest absolute Gasteiger partial charge is 0.289 e. The summed E-state index contributed by atoms with van der Waals surface area (Å²) in [5.41, 5.74) is 2.32. The molecule has 0 N–H and O–H groups in total. The SMILES string of the molecule is Cc1ccccc1CN(C)C(=O)c1ccc(Br)o1. The maximum atomic E-state index is 12.1. The third kappa shape index (κ3) is 2.82. The predicted molar refractivity (Wildman–Crippen MR) is 73.4 cm³/mol. The normalized spacial score (nSPS) is 10.4. The van der Waals surface area contributed by atoms with E-state index in [0.717, 1.165) is 5.56 Å². The third-order valence-electron chi connectivity index (χ3n) is 2.80. The number of rotatable bonds is 3. The molecule has 0 radical (unpaired) electrons. The van der Waals surface area contributed by atoms with Gasteiger partial charge in [-0.2, -0.15) is 0 Å². The van der Waals surface area contributed by atoms with E-state index in [9.17, 15) is 4.79 Å². The summed E-state index contributed by atoms with van der Waals surface area (Å²) in [7, 11) is 1.77. The first-order valence-electron chi connectivity index (χ1n) is 5.63. The van der Waals surface area contributed by atoms with Gasteiger partial charge in [0.05, 0.1) is 0 Å². The Morgan fingerprint density at radius 2 is 2.00 bits per heavy atom. The van der Waals surface area contributed by atoms with Crippen LogP contribution in [0.25, 0.3) is 0 Å². The molecule has 0 saturated carbocycles. The van der Waals surface area contributed by atoms with Gasteiger partial charge in [0.15, 0.2) is 10.4 Å². The highest BCUT2D eigenvalue weighted by molar-refractivity contribution is 9.10. The third-order valence-corrected chi connectivity index (χ3v) is 3.23. The number of carbonyl (C=O) groups is 1. The number of halogens is 1. The average molecular weight is 308 g/mol. The highest BCUT2D eigenvalue weighted by Gasteiger charge is 2.16. The van der Waals surface area contributed by atoms with E-state index in [2.05, 4.69) is 15.9 Å². The second-order valence-corrected chi connectivity index (χ2v) is 4.97. The molecule has 2 rings (SSSR count). The molecule has 94 valence electrons. The first kappa shape index (κ1) is 12.9. The van der Waals surface area contributed by atoms with Gasteiger partial charge < -0.3 is 9.32 Å². The van der Waals surface area contributed by atoms with E-state index in [1.807, 2.05) is 31.2 Å². The van der Waals surface area contributed by atoms with Crippen molar-refractivity contribution in [3.8, 4) is 0 Å². The van der Waals surface area contributed by atoms with Gasteiger partial charge in [0.1, 0.15) is 0 Å². The van der Waals surface area contributed by atoms with Crippen LogP contribution in [0.2, 0.25) is 0 Å². The Balaban J connectivity index is 2.11. The number of nitrogens with zero attached hydrogens (tertiary/aromatic N) is 1. The second kappa shape index (κ2) is 5.40. The molecule has 3 nitrogen and oxygen atoms in total. The molecule has 0 aliphatic rings. The van der Waals surface area contributed by atoms with Gasteiger partial charge in [0.25, 0.3) is 5.91 Å². The van der Waals surface area contributed by atoms with Crippen LogP contribution in [-0.4, -0.2) is 17.9 Å². The topological polar surface area (TPSA) is 33.5 Å². The zero-order chi connectivity index (χ0) is 13.1. The Morgan fingerprint density at radius 3 is 2.61 bits per heavy atom. The van der Waals surface area contributed by atoms with Gasteiger partial charge in [-0.05, 0) is 46.1 Å². The van der Waals surface area contributed by atoms with Gasteiger partial charge in [0.2, 0.25) is 0 Å². The highest BCUT2D eigenvalue weighted by atomic mass is 79.9. The largest absolute Gasteiger partial charge is 0.444 e. The average Bonchev–Trinajstić information content (AvgIpc) is 2.78. The van der Waals surface area contributed by atoms with Crippen molar-refractivity contribution in [2.45, 2.75) is 13.5 Å². The van der Waals surface area contributed by atoms with Gasteiger partial charge >= 0.3 is 0 Å². The summed E-state index contributed by atoms with van der Waals surface area (Å²) in [5, 5.41) is 0. The van der Waals surface area contributed by atoms with Gasteiger partial charge in [-0.1, -0.05) is 24.3 Å². The fourth-order valence-electron chi connectivity index (χ4n) is 1.73. The van der Waals surface area contributed by atoms with Gasteiger partial charge in [-0.25, -0.2) is 0 Å². The molecule has 0 atom stereocenters. The maximum Gasteiger partial charge on any atom is 0.289 e. The number of amides is 1. The molecule has 1 amide bonds. The first-order chi connectivity index (χ1) is 8.58. The molecule has 0 spiro atoms. The summed E-state index contributed by atoms with van der Waals surface area (Å²) in [6, 6.07) is 11.4. The van der Waals surface area contributed by atoms with Gasteiger partial charge in [-0.15, -0.1) is 0 Å². The van der Waals surface area contributed by atoms with Crippen LogP contribution in [0.5, 0.6) is 0 Å². The van der Waals surface area contributed by atoms with Crippen molar-refractivity contribution in [3.05, 3.63) is 58.0 Å². The van der Waals surface area contributed by atoms with Crippen molar-refractivity contribution >= 4 is 21.8 Å². The molecular formula is C14H14BrNO2. The minimum absolute atomic E-state index is 0.121. The molecule has 4 heteroatoms. The maximum absolute atomic E-state index is 12.1. The van der Waals surface area contributed by atoms with Crippen LogP contribution in [-0.2, 0) is 6.54 Å². The lowest BCUT2D eigenvalue weighted by atomic mass is 10.1. The molecule has 0 aliphatic carbocycles. The minimum atomic E-state index is -0.121. The molecule has 0 saturated heterocycles. The molecule has 1 aromatic carbocycles. The van der Waals surface area contributed by atoms with Crippen LogP contribution in [0.4, 0.5) is 0 Å². The second-order valence-electron chi connectivity index (χ2n) is 4.19.